The Balaban J connectivity index is 1.93. The summed E-state index contributed by atoms with van der Waals surface area (Å²) < 4.78 is 45.5. The smallest absolute Gasteiger partial charge is 0.411 e. The lowest BCUT2D eigenvalue weighted by Gasteiger charge is -2.13. The van der Waals surface area contributed by atoms with Crippen LogP contribution in [0.25, 0.3) is 0 Å². The first-order valence-corrected chi connectivity index (χ1v) is 6.07. The van der Waals surface area contributed by atoms with E-state index in [0.29, 0.717) is 5.75 Å². The van der Waals surface area contributed by atoms with Crippen molar-refractivity contribution < 1.29 is 22.6 Å². The van der Waals surface area contributed by atoms with Crippen LogP contribution in [0.15, 0.2) is 18.2 Å². The van der Waals surface area contributed by atoms with Crippen molar-refractivity contribution >= 4 is 0 Å². The van der Waals surface area contributed by atoms with E-state index in [9.17, 15) is 13.2 Å². The van der Waals surface area contributed by atoms with Gasteiger partial charge >= 0.3 is 6.18 Å². The molecule has 0 saturated heterocycles. The molecule has 0 aromatic heterocycles. The molecule has 6 heteroatoms. The van der Waals surface area contributed by atoms with Crippen molar-refractivity contribution in [3.05, 3.63) is 29.3 Å². The third kappa shape index (κ3) is 3.61. The van der Waals surface area contributed by atoms with Crippen molar-refractivity contribution in [1.82, 2.24) is 5.32 Å². The summed E-state index contributed by atoms with van der Waals surface area (Å²) in [4.78, 5) is 0. The molecule has 0 saturated carbocycles. The van der Waals surface area contributed by atoms with Crippen LogP contribution in [0.1, 0.15) is 23.6 Å². The molecule has 0 heterocycles. The number of nitrogens with one attached hydrogen (secondary N) is 1. The van der Waals surface area contributed by atoms with Gasteiger partial charge in [-0.15, -0.1) is 0 Å². The normalized spacial score (nSPS) is 18.4. The van der Waals surface area contributed by atoms with Crippen molar-refractivity contribution in [2.45, 2.75) is 25.1 Å². The average Bonchev–Trinajstić information content (AvgIpc) is 2.77. The van der Waals surface area contributed by atoms with Crippen LogP contribution in [0.3, 0.4) is 0 Å². The number of alkyl halides is 3. The van der Waals surface area contributed by atoms with E-state index in [0.717, 1.165) is 24.0 Å². The van der Waals surface area contributed by atoms with Crippen molar-refractivity contribution in [2.75, 3.05) is 20.4 Å². The van der Waals surface area contributed by atoms with E-state index in [2.05, 4.69) is 10.1 Å². The molecule has 0 spiro atoms. The lowest BCUT2D eigenvalue weighted by molar-refractivity contribution is -0.186. The maximum Gasteiger partial charge on any atom is 0.411 e. The fourth-order valence-electron chi connectivity index (χ4n) is 2.32. The molecule has 1 N–H and O–H groups in total. The maximum absolute atomic E-state index is 11.9. The van der Waals surface area contributed by atoms with Crippen molar-refractivity contribution in [3.63, 3.8) is 0 Å². The molecule has 0 fully saturated rings. The second kappa shape index (κ2) is 5.79. The Morgan fingerprint density at radius 2 is 2.16 bits per heavy atom. The van der Waals surface area contributed by atoms with Crippen LogP contribution >= 0.6 is 0 Å². The molecule has 3 nitrogen and oxygen atoms in total. The number of halogens is 3. The number of benzene rings is 1. The summed E-state index contributed by atoms with van der Waals surface area (Å²) in [5.41, 5.74) is 2.20. The Bertz CT molecular complexity index is 434. The molecule has 1 atom stereocenters. The Kier molecular flexibility index (Phi) is 4.31. The van der Waals surface area contributed by atoms with Crippen LogP contribution in [0.4, 0.5) is 13.2 Å². The second-order valence-electron chi connectivity index (χ2n) is 4.43. The number of hydrogen-bond acceptors (Lipinski definition) is 3. The van der Waals surface area contributed by atoms with Gasteiger partial charge in [-0.3, -0.25) is 0 Å². The summed E-state index contributed by atoms with van der Waals surface area (Å²) in [6.07, 6.45) is -2.49. The van der Waals surface area contributed by atoms with Gasteiger partial charge in [0.05, 0.1) is 0 Å². The quantitative estimate of drug-likeness (QED) is 0.662. The molecule has 2 rings (SSSR count). The van der Waals surface area contributed by atoms with Gasteiger partial charge in [-0.05, 0) is 37.1 Å². The molecule has 1 aromatic rings. The van der Waals surface area contributed by atoms with E-state index in [-0.39, 0.29) is 12.8 Å². The highest BCUT2D eigenvalue weighted by Crippen LogP contribution is 2.36. The lowest BCUT2D eigenvalue weighted by Crippen LogP contribution is -2.19. The van der Waals surface area contributed by atoms with Crippen LogP contribution in [0.2, 0.25) is 0 Å². The van der Waals surface area contributed by atoms with Crippen LogP contribution in [-0.4, -0.2) is 26.6 Å². The van der Waals surface area contributed by atoms with E-state index in [1.807, 2.05) is 19.2 Å². The van der Waals surface area contributed by atoms with E-state index in [1.54, 1.807) is 6.07 Å². The van der Waals surface area contributed by atoms with E-state index >= 15 is 0 Å². The molecular formula is C13H16F3NO2. The molecule has 0 aliphatic heterocycles. The van der Waals surface area contributed by atoms with Gasteiger partial charge in [0, 0.05) is 6.04 Å². The van der Waals surface area contributed by atoms with Gasteiger partial charge in [-0.1, -0.05) is 12.1 Å². The van der Waals surface area contributed by atoms with E-state index in [1.165, 1.54) is 0 Å². The monoisotopic (exact) mass is 275 g/mol. The molecule has 1 unspecified atom stereocenters. The SMILES string of the molecule is CNC1CCc2c(OCOCC(F)(F)F)cccc21. The van der Waals surface area contributed by atoms with Gasteiger partial charge in [0.1, 0.15) is 12.4 Å². The zero-order chi connectivity index (χ0) is 13.9. The van der Waals surface area contributed by atoms with Crippen LogP contribution < -0.4 is 10.1 Å². The highest BCUT2D eigenvalue weighted by Gasteiger charge is 2.28. The maximum atomic E-state index is 11.9. The van der Waals surface area contributed by atoms with Crippen molar-refractivity contribution in [3.8, 4) is 5.75 Å². The predicted octanol–water partition coefficient (Wildman–Crippen LogP) is 2.81. The summed E-state index contributed by atoms with van der Waals surface area (Å²) in [6, 6.07) is 5.89. The molecule has 0 bridgehead atoms. The molecule has 0 radical (unpaired) electrons. The lowest BCUT2D eigenvalue weighted by atomic mass is 10.1. The minimum Gasteiger partial charge on any atom is -0.467 e. The second-order valence-corrected chi connectivity index (χ2v) is 4.43. The van der Waals surface area contributed by atoms with Gasteiger partial charge in [-0.2, -0.15) is 13.2 Å². The molecule has 1 aliphatic carbocycles. The highest BCUT2D eigenvalue weighted by molar-refractivity contribution is 5.45. The van der Waals surface area contributed by atoms with Crippen LogP contribution in [0, 0.1) is 0 Å². The topological polar surface area (TPSA) is 30.5 Å². The zero-order valence-corrected chi connectivity index (χ0v) is 10.6. The Labute approximate surface area is 109 Å². The minimum atomic E-state index is -4.32. The van der Waals surface area contributed by atoms with Gasteiger partial charge in [0.15, 0.2) is 6.79 Å². The first-order chi connectivity index (χ1) is 9.01. The van der Waals surface area contributed by atoms with Gasteiger partial charge < -0.3 is 14.8 Å². The summed E-state index contributed by atoms with van der Waals surface area (Å²) in [7, 11) is 1.89. The first-order valence-electron chi connectivity index (χ1n) is 6.07. The highest BCUT2D eigenvalue weighted by atomic mass is 19.4. The zero-order valence-electron chi connectivity index (χ0n) is 10.6. The summed E-state index contributed by atoms with van der Waals surface area (Å²) >= 11 is 0. The van der Waals surface area contributed by atoms with E-state index < -0.39 is 12.8 Å². The predicted molar refractivity (Wildman–Crippen MR) is 64.1 cm³/mol. The number of ether oxygens (including phenoxy) is 2. The molecule has 0 amide bonds. The molecular weight excluding hydrogens is 259 g/mol. The Morgan fingerprint density at radius 3 is 2.84 bits per heavy atom. The first kappa shape index (κ1) is 14.1. The Hall–Kier alpha value is -1.27. The Morgan fingerprint density at radius 1 is 1.37 bits per heavy atom. The van der Waals surface area contributed by atoms with Gasteiger partial charge in [0.2, 0.25) is 0 Å². The fourth-order valence-corrected chi connectivity index (χ4v) is 2.32. The van der Waals surface area contributed by atoms with Gasteiger partial charge in [0.25, 0.3) is 0 Å². The number of rotatable bonds is 5. The number of hydrogen-bond donors (Lipinski definition) is 1. The summed E-state index contributed by atoms with van der Waals surface area (Å²) in [5.74, 6) is 0.609. The fraction of sp³-hybridized carbons (Fsp3) is 0.538. The third-order valence-electron chi connectivity index (χ3n) is 3.14. The van der Waals surface area contributed by atoms with Crippen LogP contribution in [0.5, 0.6) is 5.75 Å². The standard InChI is InChI=1S/C13H16F3NO2/c1-17-11-6-5-10-9(11)3-2-4-12(10)19-8-18-7-13(14,15)16/h2-4,11,17H,5-8H2,1H3. The van der Waals surface area contributed by atoms with Gasteiger partial charge in [-0.25, -0.2) is 0 Å². The minimum absolute atomic E-state index is 0.287. The number of fused-ring (bicyclic) bond motifs is 1. The van der Waals surface area contributed by atoms with E-state index in [4.69, 9.17) is 4.74 Å². The summed E-state index contributed by atoms with van der Waals surface area (Å²) in [5, 5.41) is 3.20. The van der Waals surface area contributed by atoms with Crippen molar-refractivity contribution in [2.24, 2.45) is 0 Å². The third-order valence-corrected chi connectivity index (χ3v) is 3.14. The summed E-state index contributed by atoms with van der Waals surface area (Å²) in [6.45, 7) is -1.68. The largest absolute Gasteiger partial charge is 0.467 e. The average molecular weight is 275 g/mol. The molecule has 1 aromatic carbocycles. The molecule has 1 aliphatic rings. The van der Waals surface area contributed by atoms with Crippen molar-refractivity contribution in [1.29, 1.82) is 0 Å². The molecule has 106 valence electrons. The van der Waals surface area contributed by atoms with Crippen LogP contribution in [-0.2, 0) is 11.2 Å². The molecule has 19 heavy (non-hydrogen) atoms.